The number of hydrogen-bond acceptors (Lipinski definition) is 3. The van der Waals surface area contributed by atoms with Gasteiger partial charge in [-0.25, -0.2) is 9.48 Å². The molecule has 2 rings (SSSR count). The van der Waals surface area contributed by atoms with Gasteiger partial charge in [-0.15, -0.1) is 0 Å². The zero-order chi connectivity index (χ0) is 15.8. The van der Waals surface area contributed by atoms with E-state index in [9.17, 15) is 14.7 Å². The summed E-state index contributed by atoms with van der Waals surface area (Å²) in [6, 6.07) is 6.85. The first-order chi connectivity index (χ1) is 9.75. The quantitative estimate of drug-likeness (QED) is 0.907. The highest BCUT2D eigenvalue weighted by Gasteiger charge is 2.29. The Morgan fingerprint density at radius 1 is 1.33 bits per heavy atom. The number of carboxylic acids is 1. The molecule has 0 atom stereocenters. The molecule has 2 N–H and O–H groups in total. The van der Waals surface area contributed by atoms with E-state index in [1.54, 1.807) is 24.3 Å². The number of methoxy groups -OCH3 is 1. The molecule has 0 aliphatic carbocycles. The molecule has 1 aromatic carbocycles. The van der Waals surface area contributed by atoms with Gasteiger partial charge in [-0.3, -0.25) is 9.89 Å². The lowest BCUT2D eigenvalue weighted by Crippen LogP contribution is -2.22. The van der Waals surface area contributed by atoms with Crippen molar-refractivity contribution in [1.29, 1.82) is 0 Å². The van der Waals surface area contributed by atoms with Gasteiger partial charge < -0.3 is 9.84 Å². The first-order valence-electron chi connectivity index (χ1n) is 6.49. The van der Waals surface area contributed by atoms with Crippen LogP contribution in [0, 0.1) is 0 Å². The number of rotatable bonds is 3. The number of benzene rings is 1. The molecule has 0 aliphatic heterocycles. The van der Waals surface area contributed by atoms with Crippen LogP contribution in [0.15, 0.2) is 29.1 Å². The molecular formula is C15H18N2O4. The topological polar surface area (TPSA) is 84.3 Å². The number of ether oxygens (including phenoxy) is 1. The van der Waals surface area contributed by atoms with Gasteiger partial charge >= 0.3 is 5.97 Å². The van der Waals surface area contributed by atoms with Gasteiger partial charge in [0.2, 0.25) is 0 Å². The monoisotopic (exact) mass is 290 g/mol. The Bertz CT molecular complexity index is 735. The van der Waals surface area contributed by atoms with Crippen LogP contribution in [0.25, 0.3) is 5.69 Å². The highest BCUT2D eigenvalue weighted by Crippen LogP contribution is 2.24. The number of aromatic nitrogens is 2. The van der Waals surface area contributed by atoms with Crippen molar-refractivity contribution in [3.8, 4) is 11.4 Å². The molecule has 1 aromatic heterocycles. The summed E-state index contributed by atoms with van der Waals surface area (Å²) in [4.78, 5) is 23.8. The van der Waals surface area contributed by atoms with E-state index in [0.29, 0.717) is 17.1 Å². The van der Waals surface area contributed by atoms with Crippen molar-refractivity contribution in [3.63, 3.8) is 0 Å². The fraction of sp³-hybridized carbons (Fsp3) is 0.333. The van der Waals surface area contributed by atoms with E-state index in [0.717, 1.165) is 0 Å². The van der Waals surface area contributed by atoms with Crippen LogP contribution in [-0.4, -0.2) is 28.0 Å². The van der Waals surface area contributed by atoms with E-state index in [4.69, 9.17) is 4.74 Å². The number of aromatic carboxylic acids is 1. The molecule has 0 saturated carbocycles. The third-order valence-electron chi connectivity index (χ3n) is 3.17. The minimum absolute atomic E-state index is 0.231. The largest absolute Gasteiger partial charge is 0.497 e. The summed E-state index contributed by atoms with van der Waals surface area (Å²) in [5, 5.41) is 12.2. The summed E-state index contributed by atoms with van der Waals surface area (Å²) in [5.74, 6) is -0.647. The van der Waals surface area contributed by atoms with Gasteiger partial charge in [-0.1, -0.05) is 26.8 Å². The minimum Gasteiger partial charge on any atom is -0.497 e. The minimum atomic E-state index is -1.23. The van der Waals surface area contributed by atoms with Crippen molar-refractivity contribution in [2.75, 3.05) is 7.11 Å². The van der Waals surface area contributed by atoms with Gasteiger partial charge in [0.1, 0.15) is 11.3 Å². The van der Waals surface area contributed by atoms with Crippen molar-refractivity contribution >= 4 is 5.97 Å². The van der Waals surface area contributed by atoms with Crippen LogP contribution in [0.4, 0.5) is 0 Å². The van der Waals surface area contributed by atoms with Gasteiger partial charge in [0, 0.05) is 11.5 Å². The standard InChI is InChI=1S/C15H18N2O4/c1-15(2,3)12-11(14(19)20)13(18)17(16-12)9-6-5-7-10(8-9)21-4/h5-8,16H,1-4H3,(H,19,20). The molecule has 2 aromatic rings. The lowest BCUT2D eigenvalue weighted by Gasteiger charge is -2.17. The van der Waals surface area contributed by atoms with Crippen molar-refractivity contribution < 1.29 is 14.6 Å². The molecule has 0 radical (unpaired) electrons. The number of H-pyrrole nitrogens is 1. The smallest absolute Gasteiger partial charge is 0.343 e. The van der Waals surface area contributed by atoms with E-state index in [1.165, 1.54) is 11.8 Å². The highest BCUT2D eigenvalue weighted by atomic mass is 16.5. The number of carbonyl (C=O) groups is 1. The Hall–Kier alpha value is -2.50. The van der Waals surface area contributed by atoms with Crippen LogP contribution < -0.4 is 10.3 Å². The third-order valence-corrected chi connectivity index (χ3v) is 3.17. The van der Waals surface area contributed by atoms with Crippen LogP contribution in [0.5, 0.6) is 5.75 Å². The molecule has 112 valence electrons. The molecule has 0 unspecified atom stereocenters. The molecule has 0 saturated heterocycles. The number of carboxylic acid groups (broad SMARTS) is 1. The van der Waals surface area contributed by atoms with Crippen molar-refractivity contribution in [2.24, 2.45) is 0 Å². The van der Waals surface area contributed by atoms with Crippen molar-refractivity contribution in [3.05, 3.63) is 45.9 Å². The number of nitrogens with zero attached hydrogens (tertiary/aromatic N) is 1. The zero-order valence-electron chi connectivity index (χ0n) is 12.4. The summed E-state index contributed by atoms with van der Waals surface area (Å²) in [5.41, 5.74) is -0.386. The molecule has 0 bridgehead atoms. The molecule has 0 fully saturated rings. The van der Waals surface area contributed by atoms with E-state index in [-0.39, 0.29) is 5.56 Å². The predicted octanol–water partition coefficient (Wildman–Crippen LogP) is 2.17. The first kappa shape index (κ1) is 14.9. The van der Waals surface area contributed by atoms with Gasteiger partial charge in [0.15, 0.2) is 0 Å². The van der Waals surface area contributed by atoms with Crippen LogP contribution in [0.1, 0.15) is 36.8 Å². The van der Waals surface area contributed by atoms with E-state index in [2.05, 4.69) is 5.10 Å². The Kier molecular flexibility index (Phi) is 3.63. The van der Waals surface area contributed by atoms with Gasteiger partial charge in [0.05, 0.1) is 18.5 Å². The number of aromatic amines is 1. The lowest BCUT2D eigenvalue weighted by molar-refractivity contribution is 0.0692. The number of hydrogen-bond donors (Lipinski definition) is 2. The second-order valence-corrected chi connectivity index (χ2v) is 5.76. The second-order valence-electron chi connectivity index (χ2n) is 5.76. The Morgan fingerprint density at radius 3 is 2.48 bits per heavy atom. The average Bonchev–Trinajstić information content (AvgIpc) is 2.76. The summed E-state index contributed by atoms with van der Waals surface area (Å²) >= 11 is 0. The van der Waals surface area contributed by atoms with Crippen molar-refractivity contribution in [1.82, 2.24) is 9.78 Å². The molecule has 0 aliphatic rings. The molecular weight excluding hydrogens is 272 g/mol. The van der Waals surface area contributed by atoms with Crippen LogP contribution in [-0.2, 0) is 5.41 Å². The third kappa shape index (κ3) is 2.69. The Balaban J connectivity index is 2.71. The van der Waals surface area contributed by atoms with Gasteiger partial charge in [0.25, 0.3) is 5.56 Å². The SMILES string of the molecule is COc1cccc(-n2[nH]c(C(C)(C)C)c(C(=O)O)c2=O)c1. The maximum atomic E-state index is 12.4. The molecule has 0 amide bonds. The molecule has 6 nitrogen and oxygen atoms in total. The zero-order valence-corrected chi connectivity index (χ0v) is 12.4. The van der Waals surface area contributed by atoms with Gasteiger partial charge in [-0.2, -0.15) is 0 Å². The number of nitrogens with one attached hydrogen (secondary N) is 1. The van der Waals surface area contributed by atoms with Crippen molar-refractivity contribution in [2.45, 2.75) is 26.2 Å². The van der Waals surface area contributed by atoms with E-state index >= 15 is 0 Å². The maximum absolute atomic E-state index is 12.4. The predicted molar refractivity (Wildman–Crippen MR) is 78.6 cm³/mol. The fourth-order valence-electron chi connectivity index (χ4n) is 2.11. The second kappa shape index (κ2) is 5.12. The summed E-state index contributed by atoms with van der Waals surface area (Å²) in [7, 11) is 1.53. The fourth-order valence-corrected chi connectivity index (χ4v) is 2.11. The first-order valence-corrected chi connectivity index (χ1v) is 6.49. The van der Waals surface area contributed by atoms with E-state index < -0.39 is 16.9 Å². The molecule has 21 heavy (non-hydrogen) atoms. The average molecular weight is 290 g/mol. The molecule has 0 spiro atoms. The Labute approximate surface area is 122 Å². The lowest BCUT2D eigenvalue weighted by atomic mass is 9.89. The van der Waals surface area contributed by atoms with E-state index in [1.807, 2.05) is 20.8 Å². The summed E-state index contributed by atoms with van der Waals surface area (Å²) < 4.78 is 6.35. The molecule has 1 heterocycles. The van der Waals surface area contributed by atoms with Crippen LogP contribution >= 0.6 is 0 Å². The van der Waals surface area contributed by atoms with Gasteiger partial charge in [-0.05, 0) is 12.1 Å². The summed E-state index contributed by atoms with van der Waals surface area (Å²) in [6.45, 7) is 5.54. The summed E-state index contributed by atoms with van der Waals surface area (Å²) in [6.07, 6.45) is 0. The normalized spacial score (nSPS) is 11.4. The maximum Gasteiger partial charge on any atom is 0.343 e. The molecule has 6 heteroatoms. The van der Waals surface area contributed by atoms with Crippen LogP contribution in [0.3, 0.4) is 0 Å². The highest BCUT2D eigenvalue weighted by molar-refractivity contribution is 5.89. The van der Waals surface area contributed by atoms with Crippen LogP contribution in [0.2, 0.25) is 0 Å². The Morgan fingerprint density at radius 2 is 2.00 bits per heavy atom.